The highest BCUT2D eigenvalue weighted by atomic mass is 35.5. The lowest BCUT2D eigenvalue weighted by molar-refractivity contribution is -0.119. The van der Waals surface area contributed by atoms with Gasteiger partial charge in [-0.1, -0.05) is 29.8 Å². The van der Waals surface area contributed by atoms with E-state index in [9.17, 15) is 14.4 Å². The largest absolute Gasteiger partial charge is 0.462 e. The third-order valence-corrected chi connectivity index (χ3v) is 5.24. The van der Waals surface area contributed by atoms with Crippen LogP contribution < -0.4 is 5.32 Å². The van der Waals surface area contributed by atoms with E-state index in [0.717, 1.165) is 11.3 Å². The number of thiophene rings is 1. The minimum atomic E-state index is -0.781. The van der Waals surface area contributed by atoms with Crippen molar-refractivity contribution in [1.29, 1.82) is 0 Å². The number of ether oxygens (including phenoxy) is 2. The summed E-state index contributed by atoms with van der Waals surface area (Å²) in [5.41, 5.74) is 1.99. The fraction of sp³-hybridized carbons (Fsp3) is 0.190. The van der Waals surface area contributed by atoms with E-state index in [-0.39, 0.29) is 22.9 Å². The third-order valence-electron chi connectivity index (χ3n) is 4.01. The molecule has 0 radical (unpaired) electrons. The minimum absolute atomic E-state index is 0.0114. The second kappa shape index (κ2) is 10.1. The van der Waals surface area contributed by atoms with E-state index < -0.39 is 24.5 Å². The molecule has 2 aromatic heterocycles. The van der Waals surface area contributed by atoms with Gasteiger partial charge in [0.25, 0.3) is 5.91 Å². The van der Waals surface area contributed by atoms with Crippen molar-refractivity contribution in [2.24, 2.45) is 0 Å². The minimum Gasteiger partial charge on any atom is -0.462 e. The summed E-state index contributed by atoms with van der Waals surface area (Å²) in [5, 5.41) is 5.03. The average molecular weight is 460 g/mol. The molecule has 0 spiro atoms. The van der Waals surface area contributed by atoms with E-state index >= 15 is 0 Å². The van der Waals surface area contributed by atoms with E-state index in [4.69, 9.17) is 21.1 Å². The first-order valence-electron chi connectivity index (χ1n) is 9.19. The molecule has 10 heteroatoms. The van der Waals surface area contributed by atoms with Crippen molar-refractivity contribution in [3.63, 3.8) is 0 Å². The number of carbonyl (C=O) groups is 3. The number of nitrogens with zero attached hydrogens (tertiary/aromatic N) is 2. The zero-order chi connectivity index (χ0) is 22.4. The summed E-state index contributed by atoms with van der Waals surface area (Å²) in [6.45, 7) is 3.02. The average Bonchev–Trinajstić information content (AvgIpc) is 3.16. The Bertz CT molecular complexity index is 1110. The molecule has 0 saturated heterocycles. The molecule has 31 heavy (non-hydrogen) atoms. The molecule has 1 amide bonds. The lowest BCUT2D eigenvalue weighted by atomic mass is 10.0. The van der Waals surface area contributed by atoms with Gasteiger partial charge < -0.3 is 14.8 Å². The number of benzene rings is 1. The first kappa shape index (κ1) is 22.4. The van der Waals surface area contributed by atoms with Crippen LogP contribution in [0.1, 0.15) is 33.5 Å². The predicted molar refractivity (Wildman–Crippen MR) is 116 cm³/mol. The lowest BCUT2D eigenvalue weighted by Gasteiger charge is -2.10. The number of rotatable bonds is 7. The fourth-order valence-corrected chi connectivity index (χ4v) is 3.80. The van der Waals surface area contributed by atoms with Crippen molar-refractivity contribution >= 4 is 45.8 Å². The number of aryl methyl sites for hydroxylation is 1. The summed E-state index contributed by atoms with van der Waals surface area (Å²) in [5.74, 6) is -2.00. The first-order chi connectivity index (χ1) is 14.9. The van der Waals surface area contributed by atoms with Crippen LogP contribution in [0, 0.1) is 6.92 Å². The molecule has 1 N–H and O–H groups in total. The number of halogens is 1. The highest BCUT2D eigenvalue weighted by Gasteiger charge is 2.24. The second-order valence-corrected chi connectivity index (χ2v) is 7.51. The Kier molecular flexibility index (Phi) is 7.32. The van der Waals surface area contributed by atoms with Crippen LogP contribution in [0.3, 0.4) is 0 Å². The number of hydrogen-bond acceptors (Lipinski definition) is 8. The normalized spacial score (nSPS) is 10.4. The Morgan fingerprint density at radius 2 is 1.84 bits per heavy atom. The molecule has 0 aliphatic heterocycles. The van der Waals surface area contributed by atoms with Gasteiger partial charge in [0.1, 0.15) is 10.6 Å². The number of amides is 1. The maximum Gasteiger partial charge on any atom is 0.359 e. The standard InChI is InChI=1S/C21H18ClN3O5S/c1-3-29-21(28)18-14(13-6-4-5-7-15(13)22)11-31-19(18)25-17(26)10-30-20(27)16-9-23-12(2)8-24-16/h4-9,11H,3,10H2,1-2H3,(H,25,26). The third kappa shape index (κ3) is 5.44. The number of aromatic nitrogens is 2. The van der Waals surface area contributed by atoms with E-state index in [0.29, 0.717) is 21.8 Å². The van der Waals surface area contributed by atoms with Crippen LogP contribution in [0.5, 0.6) is 0 Å². The van der Waals surface area contributed by atoms with Gasteiger partial charge in [-0.25, -0.2) is 14.6 Å². The summed E-state index contributed by atoms with van der Waals surface area (Å²) in [7, 11) is 0. The maximum absolute atomic E-state index is 12.6. The van der Waals surface area contributed by atoms with Crippen LogP contribution in [0.25, 0.3) is 11.1 Å². The Labute approximate surface area is 187 Å². The molecule has 8 nitrogen and oxygen atoms in total. The molecule has 0 atom stereocenters. The molecule has 2 heterocycles. The summed E-state index contributed by atoms with van der Waals surface area (Å²) in [4.78, 5) is 44.8. The summed E-state index contributed by atoms with van der Waals surface area (Å²) < 4.78 is 10.1. The van der Waals surface area contributed by atoms with Crippen molar-refractivity contribution in [2.75, 3.05) is 18.5 Å². The number of nitrogens with one attached hydrogen (secondary N) is 1. The molecule has 3 rings (SSSR count). The van der Waals surface area contributed by atoms with Gasteiger partial charge in [0, 0.05) is 27.7 Å². The van der Waals surface area contributed by atoms with E-state index in [1.165, 1.54) is 12.4 Å². The number of hydrogen-bond donors (Lipinski definition) is 1. The van der Waals surface area contributed by atoms with E-state index in [2.05, 4.69) is 15.3 Å². The molecule has 0 bridgehead atoms. The lowest BCUT2D eigenvalue weighted by Crippen LogP contribution is -2.22. The Morgan fingerprint density at radius 3 is 2.52 bits per heavy atom. The molecular weight excluding hydrogens is 442 g/mol. The number of anilines is 1. The SMILES string of the molecule is CCOC(=O)c1c(-c2ccccc2Cl)csc1NC(=O)COC(=O)c1cnc(C)cn1. The molecular formula is C21H18ClN3O5S. The van der Waals surface area contributed by atoms with Crippen LogP contribution >= 0.6 is 22.9 Å². The molecule has 0 unspecified atom stereocenters. The zero-order valence-corrected chi connectivity index (χ0v) is 18.2. The van der Waals surface area contributed by atoms with Gasteiger partial charge in [-0.2, -0.15) is 0 Å². The molecule has 0 fully saturated rings. The molecule has 0 aliphatic carbocycles. The van der Waals surface area contributed by atoms with Gasteiger partial charge in [0.05, 0.1) is 18.5 Å². The molecule has 3 aromatic rings. The summed E-state index contributed by atoms with van der Waals surface area (Å²) in [6, 6.07) is 7.04. The van der Waals surface area contributed by atoms with E-state index in [1.54, 1.807) is 43.5 Å². The monoisotopic (exact) mass is 459 g/mol. The van der Waals surface area contributed by atoms with Crippen LogP contribution in [-0.4, -0.2) is 41.0 Å². The van der Waals surface area contributed by atoms with Crippen molar-refractivity contribution in [3.8, 4) is 11.1 Å². The Balaban J connectivity index is 1.76. The van der Waals surface area contributed by atoms with Crippen LogP contribution in [-0.2, 0) is 14.3 Å². The van der Waals surface area contributed by atoms with Gasteiger partial charge in [0.15, 0.2) is 12.3 Å². The summed E-state index contributed by atoms with van der Waals surface area (Å²) in [6.07, 6.45) is 2.69. The van der Waals surface area contributed by atoms with Crippen molar-refractivity contribution in [1.82, 2.24) is 9.97 Å². The number of esters is 2. The topological polar surface area (TPSA) is 107 Å². The van der Waals surface area contributed by atoms with Gasteiger partial charge in [-0.05, 0) is 19.9 Å². The van der Waals surface area contributed by atoms with Crippen LogP contribution in [0.15, 0.2) is 42.0 Å². The first-order valence-corrected chi connectivity index (χ1v) is 10.5. The molecule has 0 aliphatic rings. The van der Waals surface area contributed by atoms with Crippen molar-refractivity contribution in [2.45, 2.75) is 13.8 Å². The van der Waals surface area contributed by atoms with Gasteiger partial charge in [-0.3, -0.25) is 9.78 Å². The van der Waals surface area contributed by atoms with Crippen molar-refractivity contribution < 1.29 is 23.9 Å². The molecule has 0 saturated carbocycles. The second-order valence-electron chi connectivity index (χ2n) is 6.22. The highest BCUT2D eigenvalue weighted by molar-refractivity contribution is 7.15. The Morgan fingerprint density at radius 1 is 1.06 bits per heavy atom. The smallest absolute Gasteiger partial charge is 0.359 e. The fourth-order valence-electron chi connectivity index (χ4n) is 2.60. The van der Waals surface area contributed by atoms with Gasteiger partial charge in [0.2, 0.25) is 0 Å². The predicted octanol–water partition coefficient (Wildman–Crippen LogP) is 4.14. The summed E-state index contributed by atoms with van der Waals surface area (Å²) >= 11 is 7.42. The number of carbonyl (C=O) groups excluding carboxylic acids is 3. The van der Waals surface area contributed by atoms with Gasteiger partial charge >= 0.3 is 11.9 Å². The molecule has 1 aromatic carbocycles. The maximum atomic E-state index is 12.6. The zero-order valence-electron chi connectivity index (χ0n) is 16.7. The van der Waals surface area contributed by atoms with E-state index in [1.807, 2.05) is 0 Å². The van der Waals surface area contributed by atoms with Crippen LogP contribution in [0.2, 0.25) is 5.02 Å². The van der Waals surface area contributed by atoms with Crippen molar-refractivity contribution in [3.05, 3.63) is 64.0 Å². The molecule has 160 valence electrons. The van der Waals surface area contributed by atoms with Crippen LogP contribution in [0.4, 0.5) is 5.00 Å². The quantitative estimate of drug-likeness (QED) is 0.529. The van der Waals surface area contributed by atoms with Gasteiger partial charge in [-0.15, -0.1) is 11.3 Å². The Hall–Kier alpha value is -3.30. The highest BCUT2D eigenvalue weighted by Crippen LogP contribution is 2.39.